The van der Waals surface area contributed by atoms with Crippen LogP contribution in [0.25, 0.3) is 11.3 Å². The van der Waals surface area contributed by atoms with Crippen LogP contribution in [0.4, 0.5) is 0 Å². The molecule has 0 unspecified atom stereocenters. The first kappa shape index (κ1) is 20.8. The second kappa shape index (κ2) is 8.24. The zero-order valence-corrected chi connectivity index (χ0v) is 19.0. The lowest BCUT2D eigenvalue weighted by Crippen LogP contribution is -2.51. The van der Waals surface area contributed by atoms with Crippen molar-refractivity contribution in [3.63, 3.8) is 0 Å². The predicted molar refractivity (Wildman–Crippen MR) is 125 cm³/mol. The molecule has 0 saturated carbocycles. The van der Waals surface area contributed by atoms with Crippen molar-refractivity contribution in [2.45, 2.75) is 58.0 Å². The largest absolute Gasteiger partial charge is 0.273 e. The topological polar surface area (TPSA) is 75.5 Å². The van der Waals surface area contributed by atoms with Crippen LogP contribution in [0.5, 0.6) is 0 Å². The maximum absolute atomic E-state index is 13.0. The van der Waals surface area contributed by atoms with Crippen molar-refractivity contribution in [2.75, 3.05) is 0 Å². The number of aromatic nitrogens is 2. The fourth-order valence-electron chi connectivity index (χ4n) is 5.42. The molecule has 172 valence electrons. The third-order valence-electron chi connectivity index (χ3n) is 7.09. The number of nitrogens with zero attached hydrogens (tertiary/aromatic N) is 4. The number of rotatable bonds is 4. The molecule has 1 aromatic heterocycles. The average molecular weight is 455 g/mol. The van der Waals surface area contributed by atoms with E-state index in [1.807, 2.05) is 36.4 Å². The Morgan fingerprint density at radius 1 is 0.824 bits per heavy atom. The van der Waals surface area contributed by atoms with Gasteiger partial charge in [0, 0.05) is 35.2 Å². The van der Waals surface area contributed by atoms with Gasteiger partial charge in [-0.1, -0.05) is 36.4 Å². The molecule has 3 aliphatic rings. The van der Waals surface area contributed by atoms with Crippen molar-refractivity contribution < 1.29 is 14.4 Å². The number of carbonyl (C=O) groups excluding carboxylic acids is 3. The first-order valence-electron chi connectivity index (χ1n) is 12.0. The van der Waals surface area contributed by atoms with Crippen LogP contribution in [-0.4, -0.2) is 37.5 Å². The number of amides is 3. The number of hydrazine groups is 1. The fraction of sp³-hybridized carbons (Fsp3) is 0.333. The van der Waals surface area contributed by atoms with Gasteiger partial charge in [-0.05, 0) is 55.4 Å². The Morgan fingerprint density at radius 3 is 2.38 bits per heavy atom. The van der Waals surface area contributed by atoms with Gasteiger partial charge in [0.2, 0.25) is 11.8 Å². The van der Waals surface area contributed by atoms with E-state index in [0.29, 0.717) is 24.8 Å². The van der Waals surface area contributed by atoms with E-state index in [9.17, 15) is 14.4 Å². The van der Waals surface area contributed by atoms with Crippen molar-refractivity contribution >= 4 is 17.7 Å². The molecule has 0 bridgehead atoms. The van der Waals surface area contributed by atoms with Crippen LogP contribution in [0.15, 0.2) is 48.5 Å². The van der Waals surface area contributed by atoms with Gasteiger partial charge >= 0.3 is 0 Å². The molecule has 0 atom stereocenters. The van der Waals surface area contributed by atoms with E-state index in [0.717, 1.165) is 47.6 Å². The SMILES string of the molecule is O=C1c2ccc(-c3nn(Cc4ccccc4)c4c3CCCC4)cc2CN1N1C(=O)CCCC1=O. The molecule has 0 N–H and O–H groups in total. The van der Waals surface area contributed by atoms with Gasteiger partial charge in [-0.25, -0.2) is 5.01 Å². The molecule has 1 fully saturated rings. The highest BCUT2D eigenvalue weighted by atomic mass is 16.2. The van der Waals surface area contributed by atoms with E-state index < -0.39 is 0 Å². The highest BCUT2D eigenvalue weighted by Crippen LogP contribution is 2.35. The van der Waals surface area contributed by atoms with Gasteiger partial charge in [0.25, 0.3) is 5.91 Å². The van der Waals surface area contributed by atoms with Crippen molar-refractivity contribution in [3.05, 3.63) is 76.5 Å². The molecule has 1 aliphatic carbocycles. The molecule has 2 aliphatic heterocycles. The lowest BCUT2D eigenvalue weighted by Gasteiger charge is -2.32. The van der Waals surface area contributed by atoms with Crippen LogP contribution in [0.1, 0.15) is 64.8 Å². The molecule has 34 heavy (non-hydrogen) atoms. The number of fused-ring (bicyclic) bond motifs is 2. The van der Waals surface area contributed by atoms with Crippen molar-refractivity contribution in [1.29, 1.82) is 0 Å². The van der Waals surface area contributed by atoms with Gasteiger partial charge in [-0.3, -0.25) is 19.1 Å². The van der Waals surface area contributed by atoms with Gasteiger partial charge in [-0.2, -0.15) is 10.1 Å². The summed E-state index contributed by atoms with van der Waals surface area (Å²) < 4.78 is 2.13. The minimum atomic E-state index is -0.300. The second-order valence-electron chi connectivity index (χ2n) is 9.31. The monoisotopic (exact) mass is 454 g/mol. The Bertz CT molecular complexity index is 1290. The van der Waals surface area contributed by atoms with Crippen molar-refractivity contribution in [1.82, 2.24) is 19.8 Å². The minimum absolute atomic E-state index is 0.229. The fourth-order valence-corrected chi connectivity index (χ4v) is 5.42. The molecule has 7 heteroatoms. The van der Waals surface area contributed by atoms with Crippen molar-refractivity contribution in [2.24, 2.45) is 0 Å². The Hall–Kier alpha value is -3.74. The quantitative estimate of drug-likeness (QED) is 0.561. The lowest BCUT2D eigenvalue weighted by atomic mass is 9.92. The highest BCUT2D eigenvalue weighted by Gasteiger charge is 2.39. The third-order valence-corrected chi connectivity index (χ3v) is 7.09. The number of hydrogen-bond acceptors (Lipinski definition) is 4. The summed E-state index contributed by atoms with van der Waals surface area (Å²) >= 11 is 0. The van der Waals surface area contributed by atoms with Gasteiger partial charge in [0.15, 0.2) is 0 Å². The normalized spacial score (nSPS) is 17.8. The van der Waals surface area contributed by atoms with E-state index >= 15 is 0 Å². The molecule has 3 amide bonds. The summed E-state index contributed by atoms with van der Waals surface area (Å²) in [5.74, 6) is -0.889. The van der Waals surface area contributed by atoms with E-state index in [1.165, 1.54) is 28.3 Å². The molecule has 3 heterocycles. The van der Waals surface area contributed by atoms with Crippen LogP contribution in [0.3, 0.4) is 0 Å². The lowest BCUT2D eigenvalue weighted by molar-refractivity contribution is -0.163. The molecule has 1 saturated heterocycles. The first-order chi connectivity index (χ1) is 16.6. The molecule has 0 spiro atoms. The second-order valence-corrected chi connectivity index (χ2v) is 9.31. The zero-order valence-electron chi connectivity index (χ0n) is 19.0. The molecule has 2 aromatic carbocycles. The summed E-state index contributed by atoms with van der Waals surface area (Å²) in [5, 5.41) is 7.40. The van der Waals surface area contributed by atoms with E-state index in [1.54, 1.807) is 0 Å². The number of benzene rings is 2. The van der Waals surface area contributed by atoms with E-state index in [-0.39, 0.29) is 24.3 Å². The molecular weight excluding hydrogens is 428 g/mol. The summed E-state index contributed by atoms with van der Waals surface area (Å²) in [6.07, 6.45) is 5.46. The molecule has 0 radical (unpaired) electrons. The molecule has 3 aromatic rings. The molecular formula is C27H26N4O3. The maximum atomic E-state index is 13.0. The minimum Gasteiger partial charge on any atom is -0.273 e. The maximum Gasteiger partial charge on any atom is 0.273 e. The third kappa shape index (κ3) is 3.43. The van der Waals surface area contributed by atoms with Crippen LogP contribution in [-0.2, 0) is 35.5 Å². The van der Waals surface area contributed by atoms with Crippen molar-refractivity contribution in [3.8, 4) is 11.3 Å². The number of piperidine rings is 1. The summed E-state index contributed by atoms with van der Waals surface area (Å²) in [4.78, 5) is 37.8. The summed E-state index contributed by atoms with van der Waals surface area (Å²) in [6, 6.07) is 16.1. The average Bonchev–Trinajstić information content (AvgIpc) is 3.37. The van der Waals surface area contributed by atoms with Gasteiger partial charge in [-0.15, -0.1) is 0 Å². The van der Waals surface area contributed by atoms with Gasteiger partial charge < -0.3 is 0 Å². The van der Waals surface area contributed by atoms with Crippen LogP contribution in [0.2, 0.25) is 0 Å². The predicted octanol–water partition coefficient (Wildman–Crippen LogP) is 3.89. The van der Waals surface area contributed by atoms with Crippen LogP contribution >= 0.6 is 0 Å². The summed E-state index contributed by atoms with van der Waals surface area (Å²) in [5.41, 5.74) is 7.15. The first-order valence-corrected chi connectivity index (χ1v) is 12.0. The molecule has 7 nitrogen and oxygen atoms in total. The Labute approximate surface area is 197 Å². The van der Waals surface area contributed by atoms with Gasteiger partial charge in [0.05, 0.1) is 18.8 Å². The Balaban J connectivity index is 1.34. The highest BCUT2D eigenvalue weighted by molar-refractivity contribution is 6.04. The zero-order chi connectivity index (χ0) is 23.2. The number of imide groups is 1. The van der Waals surface area contributed by atoms with Gasteiger partial charge in [0.1, 0.15) is 0 Å². The summed E-state index contributed by atoms with van der Waals surface area (Å²) in [6.45, 7) is 0.964. The molecule has 6 rings (SSSR count). The van der Waals surface area contributed by atoms with E-state index in [2.05, 4.69) is 16.8 Å². The standard InChI is InChI=1S/C27H26N4O3/c32-24-11-6-12-25(33)31(24)30-17-20-15-19(13-14-21(20)27(30)34)26-22-9-4-5-10-23(22)29(28-26)16-18-7-2-1-3-8-18/h1-3,7-8,13-15H,4-6,9-12,16-17H2. The number of carbonyl (C=O) groups is 3. The Morgan fingerprint density at radius 2 is 1.59 bits per heavy atom. The van der Waals surface area contributed by atoms with E-state index in [4.69, 9.17) is 5.10 Å². The number of hydrogen-bond donors (Lipinski definition) is 0. The van der Waals surface area contributed by atoms with Crippen LogP contribution < -0.4 is 0 Å². The Kier molecular flexibility index (Phi) is 5.05. The smallest absolute Gasteiger partial charge is 0.273 e. The van der Waals surface area contributed by atoms with Crippen LogP contribution in [0, 0.1) is 0 Å². The summed E-state index contributed by atoms with van der Waals surface area (Å²) in [7, 11) is 0.